The van der Waals surface area contributed by atoms with Gasteiger partial charge in [-0.25, -0.2) is 9.59 Å². The topological polar surface area (TPSA) is 105 Å². The van der Waals surface area contributed by atoms with Gasteiger partial charge in [-0.15, -0.1) is 0 Å². The van der Waals surface area contributed by atoms with Crippen LogP contribution in [0.3, 0.4) is 0 Å². The number of aliphatic hydroxyl groups is 1. The number of benzene rings is 1. The lowest BCUT2D eigenvalue weighted by Gasteiger charge is -2.13. The van der Waals surface area contributed by atoms with Crippen molar-refractivity contribution in [3.63, 3.8) is 0 Å². The molecule has 0 aromatic heterocycles. The molecule has 1 aliphatic carbocycles. The summed E-state index contributed by atoms with van der Waals surface area (Å²) < 4.78 is 4.71. The van der Waals surface area contributed by atoms with Crippen molar-refractivity contribution in [1.29, 1.82) is 0 Å². The number of aliphatic hydroxyl groups excluding tert-OH is 1. The minimum absolute atomic E-state index is 0.0882. The Morgan fingerprint density at radius 2 is 1.83 bits per heavy atom. The first-order valence-corrected chi connectivity index (χ1v) is 7.56. The molecule has 1 saturated carbocycles. The Morgan fingerprint density at radius 3 is 2.48 bits per heavy atom. The van der Waals surface area contributed by atoms with Crippen LogP contribution in [0.15, 0.2) is 30.3 Å². The summed E-state index contributed by atoms with van der Waals surface area (Å²) in [7, 11) is 0. The third kappa shape index (κ3) is 5.37. The monoisotopic (exact) mass is 320 g/mol. The summed E-state index contributed by atoms with van der Waals surface area (Å²) in [5.74, 6) is -1.68. The van der Waals surface area contributed by atoms with E-state index in [0.717, 1.165) is 25.7 Å². The first-order chi connectivity index (χ1) is 11.1. The van der Waals surface area contributed by atoms with Crippen LogP contribution in [0.4, 0.5) is 4.79 Å². The highest BCUT2D eigenvalue weighted by Gasteiger charge is 2.21. The highest BCUT2D eigenvalue weighted by molar-refractivity contribution is 5.95. The molecule has 7 heteroatoms. The van der Waals surface area contributed by atoms with Gasteiger partial charge in [-0.1, -0.05) is 43.2 Å². The Morgan fingerprint density at radius 1 is 1.17 bits per heavy atom. The van der Waals surface area contributed by atoms with Gasteiger partial charge in [-0.2, -0.15) is 0 Å². The van der Waals surface area contributed by atoms with Gasteiger partial charge in [0.2, 0.25) is 0 Å². The third-order valence-corrected chi connectivity index (χ3v) is 3.63. The zero-order valence-corrected chi connectivity index (χ0v) is 12.7. The lowest BCUT2D eigenvalue weighted by atomic mass is 10.1. The van der Waals surface area contributed by atoms with Crippen LogP contribution in [-0.2, 0) is 14.3 Å². The molecule has 3 N–H and O–H groups in total. The summed E-state index contributed by atoms with van der Waals surface area (Å²) in [6.07, 6.45) is 2.47. The van der Waals surface area contributed by atoms with E-state index < -0.39 is 30.6 Å². The summed E-state index contributed by atoms with van der Waals surface area (Å²) in [6, 6.07) is 7.73. The van der Waals surface area contributed by atoms with Crippen LogP contribution in [0.5, 0.6) is 0 Å². The standard InChI is InChI=1S/C16H20N2O5/c19-13(18-16(22)17-12-8-4-5-9-12)10-23-15(21)14(20)11-6-2-1-3-7-11/h1-3,6-7,12,14,20H,4-5,8-10H2,(H2,17,18,19,22)/t14-/m1/s1. The molecular formula is C16H20N2O5. The van der Waals surface area contributed by atoms with Gasteiger partial charge in [0.25, 0.3) is 5.91 Å². The van der Waals surface area contributed by atoms with E-state index in [4.69, 9.17) is 4.74 Å². The van der Waals surface area contributed by atoms with E-state index in [1.165, 1.54) is 0 Å². The smallest absolute Gasteiger partial charge is 0.340 e. The minimum atomic E-state index is -1.46. The predicted octanol–water partition coefficient (Wildman–Crippen LogP) is 1.03. The van der Waals surface area contributed by atoms with Crippen molar-refractivity contribution in [1.82, 2.24) is 10.6 Å². The van der Waals surface area contributed by atoms with Crippen LogP contribution in [0.25, 0.3) is 0 Å². The molecule has 3 amide bonds. The summed E-state index contributed by atoms with van der Waals surface area (Å²) in [6.45, 7) is -0.624. The Balaban J connectivity index is 1.71. The maximum Gasteiger partial charge on any atom is 0.340 e. The largest absolute Gasteiger partial charge is 0.453 e. The van der Waals surface area contributed by atoms with Crippen molar-refractivity contribution < 1.29 is 24.2 Å². The number of esters is 1. The zero-order chi connectivity index (χ0) is 16.7. The Kier molecular flexibility index (Phi) is 6.10. The highest BCUT2D eigenvalue weighted by atomic mass is 16.5. The summed E-state index contributed by atoms with van der Waals surface area (Å²) in [5.41, 5.74) is 0.372. The van der Waals surface area contributed by atoms with Crippen LogP contribution in [0.2, 0.25) is 0 Å². The number of imide groups is 1. The van der Waals surface area contributed by atoms with Gasteiger partial charge >= 0.3 is 12.0 Å². The van der Waals surface area contributed by atoms with Gasteiger partial charge in [0.1, 0.15) is 0 Å². The molecule has 0 radical (unpaired) electrons. The van der Waals surface area contributed by atoms with Crippen LogP contribution in [0.1, 0.15) is 37.4 Å². The van der Waals surface area contributed by atoms with Gasteiger partial charge in [0, 0.05) is 6.04 Å². The van der Waals surface area contributed by atoms with Crippen LogP contribution in [0, 0.1) is 0 Å². The van der Waals surface area contributed by atoms with E-state index in [1.54, 1.807) is 30.3 Å². The van der Waals surface area contributed by atoms with E-state index in [2.05, 4.69) is 10.6 Å². The maximum atomic E-state index is 11.7. The molecule has 124 valence electrons. The van der Waals surface area contributed by atoms with Gasteiger partial charge in [-0.05, 0) is 18.4 Å². The first kappa shape index (κ1) is 17.0. The highest BCUT2D eigenvalue weighted by Crippen LogP contribution is 2.17. The number of hydrogen-bond acceptors (Lipinski definition) is 5. The Hall–Kier alpha value is -2.41. The average Bonchev–Trinajstić information content (AvgIpc) is 3.05. The number of rotatable bonds is 5. The SMILES string of the molecule is O=C(COC(=O)[C@H](O)c1ccccc1)NC(=O)NC1CCCC1. The van der Waals surface area contributed by atoms with Crippen molar-refractivity contribution in [2.45, 2.75) is 37.8 Å². The molecule has 0 saturated heterocycles. The molecule has 7 nitrogen and oxygen atoms in total. The number of ether oxygens (including phenoxy) is 1. The molecule has 1 aliphatic rings. The Labute approximate surface area is 134 Å². The quantitative estimate of drug-likeness (QED) is 0.703. The second kappa shape index (κ2) is 8.28. The number of amides is 3. The molecule has 0 spiro atoms. The van der Waals surface area contributed by atoms with Crippen molar-refractivity contribution in [2.24, 2.45) is 0 Å². The van der Waals surface area contributed by atoms with E-state index in [0.29, 0.717) is 5.56 Å². The van der Waals surface area contributed by atoms with Crippen molar-refractivity contribution in [3.05, 3.63) is 35.9 Å². The molecule has 0 unspecified atom stereocenters. The summed E-state index contributed by atoms with van der Waals surface area (Å²) >= 11 is 0. The normalized spacial score (nSPS) is 15.7. The molecule has 1 aromatic rings. The van der Waals surface area contributed by atoms with E-state index in [-0.39, 0.29) is 6.04 Å². The molecule has 1 aromatic carbocycles. The number of carbonyl (C=O) groups is 3. The van der Waals surface area contributed by atoms with Crippen LogP contribution in [-0.4, -0.2) is 35.7 Å². The molecule has 0 heterocycles. The zero-order valence-electron chi connectivity index (χ0n) is 12.7. The molecule has 23 heavy (non-hydrogen) atoms. The number of carbonyl (C=O) groups excluding carboxylic acids is 3. The van der Waals surface area contributed by atoms with Crippen molar-refractivity contribution >= 4 is 17.9 Å². The van der Waals surface area contributed by atoms with Gasteiger partial charge in [0.05, 0.1) is 0 Å². The summed E-state index contributed by atoms with van der Waals surface area (Å²) in [4.78, 5) is 34.8. The maximum absolute atomic E-state index is 11.7. The Bertz CT molecular complexity index is 555. The molecule has 2 rings (SSSR count). The fourth-order valence-corrected chi connectivity index (χ4v) is 2.44. The fraction of sp³-hybridized carbons (Fsp3) is 0.438. The number of nitrogens with one attached hydrogen (secondary N) is 2. The summed E-state index contributed by atoms with van der Waals surface area (Å²) in [5, 5.41) is 14.6. The second-order valence-electron chi connectivity index (χ2n) is 5.42. The molecule has 1 fully saturated rings. The minimum Gasteiger partial charge on any atom is -0.453 e. The van der Waals surface area contributed by atoms with Crippen molar-refractivity contribution in [3.8, 4) is 0 Å². The molecule has 1 atom stereocenters. The van der Waals surface area contributed by atoms with Gasteiger partial charge < -0.3 is 15.2 Å². The second-order valence-corrected chi connectivity index (χ2v) is 5.42. The lowest BCUT2D eigenvalue weighted by Crippen LogP contribution is -2.45. The molecular weight excluding hydrogens is 300 g/mol. The van der Waals surface area contributed by atoms with Crippen molar-refractivity contribution in [2.75, 3.05) is 6.61 Å². The number of hydrogen-bond donors (Lipinski definition) is 3. The molecule has 0 aliphatic heterocycles. The van der Waals surface area contributed by atoms with Crippen LogP contribution < -0.4 is 10.6 Å². The van der Waals surface area contributed by atoms with Gasteiger partial charge in [-0.3, -0.25) is 10.1 Å². The predicted molar refractivity (Wildman–Crippen MR) is 81.3 cm³/mol. The molecule has 0 bridgehead atoms. The number of urea groups is 1. The van der Waals surface area contributed by atoms with Gasteiger partial charge in [0.15, 0.2) is 12.7 Å². The fourth-order valence-electron chi connectivity index (χ4n) is 2.44. The third-order valence-electron chi connectivity index (χ3n) is 3.63. The van der Waals surface area contributed by atoms with E-state index >= 15 is 0 Å². The first-order valence-electron chi connectivity index (χ1n) is 7.56. The lowest BCUT2D eigenvalue weighted by molar-refractivity contribution is -0.157. The van der Waals surface area contributed by atoms with E-state index in [1.807, 2.05) is 0 Å². The van der Waals surface area contributed by atoms with E-state index in [9.17, 15) is 19.5 Å². The van der Waals surface area contributed by atoms with Crippen LogP contribution >= 0.6 is 0 Å². The average molecular weight is 320 g/mol.